The fraction of sp³-hybridized carbons (Fsp3) is 0.667. The highest BCUT2D eigenvalue weighted by atomic mass is 32.2. The summed E-state index contributed by atoms with van der Waals surface area (Å²) in [5.74, 6) is 0.635. The average Bonchev–Trinajstić information content (AvgIpc) is 3.23. The maximum Gasteiger partial charge on any atom is 0.247 e. The predicted octanol–water partition coefficient (Wildman–Crippen LogP) is 0.733. The minimum absolute atomic E-state index is 0.00433. The lowest BCUT2D eigenvalue weighted by atomic mass is 10.2. The lowest BCUT2D eigenvalue weighted by Gasteiger charge is -2.21. The largest absolute Gasteiger partial charge is 0.392 e. The molecule has 3 heterocycles. The van der Waals surface area contributed by atoms with Crippen LogP contribution in [0.2, 0.25) is 0 Å². The van der Waals surface area contributed by atoms with Crippen LogP contribution < -0.4 is 0 Å². The molecule has 10 heteroatoms. The molecule has 1 aliphatic rings. The normalized spacial score (nSPS) is 22.0. The molecule has 0 amide bonds. The highest BCUT2D eigenvalue weighted by molar-refractivity contribution is 7.89. The van der Waals surface area contributed by atoms with Gasteiger partial charge in [-0.1, -0.05) is 19.0 Å². The van der Waals surface area contributed by atoms with Crippen LogP contribution in [-0.2, 0) is 29.9 Å². The molecule has 2 atom stereocenters. The quantitative estimate of drug-likeness (QED) is 0.826. The topological polar surface area (TPSA) is 114 Å². The van der Waals surface area contributed by atoms with E-state index in [0.717, 1.165) is 0 Å². The number of aliphatic hydroxyl groups is 1. The molecular weight excluding hydrogens is 346 g/mol. The maximum atomic E-state index is 13.4. The van der Waals surface area contributed by atoms with Crippen LogP contribution in [0.1, 0.15) is 49.4 Å². The van der Waals surface area contributed by atoms with Gasteiger partial charge in [0.1, 0.15) is 10.9 Å². The van der Waals surface area contributed by atoms with E-state index in [4.69, 9.17) is 4.52 Å². The van der Waals surface area contributed by atoms with Gasteiger partial charge in [0.2, 0.25) is 15.9 Å². The third-order valence-corrected chi connectivity index (χ3v) is 6.49. The zero-order valence-corrected chi connectivity index (χ0v) is 15.6. The zero-order chi connectivity index (χ0) is 18.4. The molecule has 138 valence electrons. The molecule has 0 aromatic carbocycles. The van der Waals surface area contributed by atoms with E-state index in [1.165, 1.54) is 4.31 Å². The molecular formula is C15H23N5O4S. The first-order chi connectivity index (χ1) is 11.8. The minimum atomic E-state index is -3.86. The highest BCUT2D eigenvalue weighted by Gasteiger charge is 2.45. The summed E-state index contributed by atoms with van der Waals surface area (Å²) in [6.45, 7) is 5.43. The number of aromatic nitrogens is 4. The van der Waals surface area contributed by atoms with Gasteiger partial charge in [-0.05, 0) is 19.8 Å². The number of rotatable bonds is 5. The summed E-state index contributed by atoms with van der Waals surface area (Å²) in [7, 11) is -2.12. The Labute approximate surface area is 146 Å². The van der Waals surface area contributed by atoms with Gasteiger partial charge >= 0.3 is 0 Å². The first kappa shape index (κ1) is 18.0. The van der Waals surface area contributed by atoms with Crippen molar-refractivity contribution in [2.75, 3.05) is 6.54 Å². The van der Waals surface area contributed by atoms with Gasteiger partial charge in [-0.2, -0.15) is 14.4 Å². The third kappa shape index (κ3) is 2.98. The van der Waals surface area contributed by atoms with Crippen molar-refractivity contribution in [2.45, 2.75) is 57.1 Å². The van der Waals surface area contributed by atoms with Gasteiger partial charge < -0.3 is 9.63 Å². The van der Waals surface area contributed by atoms with Gasteiger partial charge in [-0.25, -0.2) is 8.42 Å². The second-order valence-electron chi connectivity index (χ2n) is 6.21. The molecule has 25 heavy (non-hydrogen) atoms. The summed E-state index contributed by atoms with van der Waals surface area (Å²) in [5.41, 5.74) is 1.18. The average molecular weight is 369 g/mol. The van der Waals surface area contributed by atoms with E-state index < -0.39 is 22.2 Å². The van der Waals surface area contributed by atoms with Crippen LogP contribution in [-0.4, -0.2) is 50.4 Å². The van der Waals surface area contributed by atoms with Gasteiger partial charge in [-0.15, -0.1) is 0 Å². The van der Waals surface area contributed by atoms with Gasteiger partial charge in [0, 0.05) is 20.0 Å². The molecule has 2 aromatic heterocycles. The van der Waals surface area contributed by atoms with Crippen molar-refractivity contribution in [3.8, 4) is 0 Å². The van der Waals surface area contributed by atoms with Gasteiger partial charge in [-0.3, -0.25) is 4.68 Å². The first-order valence-corrected chi connectivity index (χ1v) is 9.78. The summed E-state index contributed by atoms with van der Waals surface area (Å²) in [5, 5.41) is 18.2. The second kappa shape index (κ2) is 6.50. The van der Waals surface area contributed by atoms with Crippen molar-refractivity contribution < 1.29 is 18.0 Å². The Hall–Kier alpha value is -1.78. The van der Waals surface area contributed by atoms with Crippen LogP contribution >= 0.6 is 0 Å². The number of nitrogens with zero attached hydrogens (tertiary/aromatic N) is 5. The molecule has 0 aliphatic carbocycles. The minimum Gasteiger partial charge on any atom is -0.392 e. The van der Waals surface area contributed by atoms with Crippen molar-refractivity contribution in [2.24, 2.45) is 7.05 Å². The molecule has 1 saturated heterocycles. The lowest BCUT2D eigenvalue weighted by molar-refractivity contribution is 0.188. The summed E-state index contributed by atoms with van der Waals surface area (Å²) < 4.78 is 34.9. The Kier molecular flexibility index (Phi) is 4.69. The van der Waals surface area contributed by atoms with E-state index in [1.807, 2.05) is 13.8 Å². The third-order valence-electron chi connectivity index (χ3n) is 4.48. The Balaban J connectivity index is 2.10. The molecule has 1 aliphatic heterocycles. The van der Waals surface area contributed by atoms with E-state index in [9.17, 15) is 13.5 Å². The van der Waals surface area contributed by atoms with E-state index in [1.54, 1.807) is 18.7 Å². The monoisotopic (exact) mass is 369 g/mol. The van der Waals surface area contributed by atoms with Crippen LogP contribution in [0.3, 0.4) is 0 Å². The van der Waals surface area contributed by atoms with Crippen molar-refractivity contribution in [3.05, 3.63) is 23.1 Å². The molecule has 9 nitrogen and oxygen atoms in total. The van der Waals surface area contributed by atoms with Crippen molar-refractivity contribution >= 4 is 10.0 Å². The zero-order valence-electron chi connectivity index (χ0n) is 14.8. The lowest BCUT2D eigenvalue weighted by Crippen LogP contribution is -2.33. The van der Waals surface area contributed by atoms with Crippen LogP contribution in [0, 0.1) is 6.92 Å². The van der Waals surface area contributed by atoms with Crippen molar-refractivity contribution in [1.29, 1.82) is 0 Å². The summed E-state index contributed by atoms with van der Waals surface area (Å²) in [6, 6.07) is -0.671. The molecule has 0 radical (unpaired) electrons. The molecule has 0 saturated carbocycles. The number of aliphatic hydroxyl groups excluding tert-OH is 1. The van der Waals surface area contributed by atoms with Gasteiger partial charge in [0.25, 0.3) is 0 Å². The smallest absolute Gasteiger partial charge is 0.247 e. The summed E-state index contributed by atoms with van der Waals surface area (Å²) in [6.07, 6.45) is 0.491. The van der Waals surface area contributed by atoms with E-state index in [2.05, 4.69) is 15.2 Å². The van der Waals surface area contributed by atoms with Crippen LogP contribution in [0.25, 0.3) is 0 Å². The molecule has 1 N–H and O–H groups in total. The summed E-state index contributed by atoms with van der Waals surface area (Å²) >= 11 is 0. The van der Waals surface area contributed by atoms with E-state index >= 15 is 0 Å². The van der Waals surface area contributed by atoms with Crippen LogP contribution in [0.5, 0.6) is 0 Å². The molecule has 2 aromatic rings. The van der Waals surface area contributed by atoms with Gasteiger partial charge in [0.15, 0.2) is 5.82 Å². The fourth-order valence-corrected chi connectivity index (χ4v) is 5.53. The number of sulfonamides is 1. The van der Waals surface area contributed by atoms with E-state index in [-0.39, 0.29) is 23.8 Å². The van der Waals surface area contributed by atoms with Crippen molar-refractivity contribution in [1.82, 2.24) is 24.2 Å². The van der Waals surface area contributed by atoms with Crippen LogP contribution in [0.15, 0.2) is 9.42 Å². The highest BCUT2D eigenvalue weighted by Crippen LogP contribution is 2.37. The second-order valence-corrected chi connectivity index (χ2v) is 8.04. The molecule has 0 unspecified atom stereocenters. The van der Waals surface area contributed by atoms with Crippen LogP contribution in [0.4, 0.5) is 0 Å². The molecule has 1 fully saturated rings. The fourth-order valence-electron chi connectivity index (χ4n) is 3.36. The SMILES string of the molecule is CCc1nn(C)c(CC)c1S(=O)(=O)N1C[C@@H](O)C[C@@H]1c1nc(C)no1. The standard InChI is InChI=1S/C15H23N5O4S/c1-5-11-14(12(6-2)19(4)17-11)25(22,23)20-8-10(21)7-13(20)15-16-9(3)18-24-15/h10,13,21H,5-8H2,1-4H3/t10-,13+/m0/s1. The Bertz CT molecular complexity index is 873. The number of hydrogen-bond acceptors (Lipinski definition) is 7. The molecule has 3 rings (SSSR count). The van der Waals surface area contributed by atoms with Gasteiger partial charge in [0.05, 0.1) is 17.5 Å². The predicted molar refractivity (Wildman–Crippen MR) is 88.3 cm³/mol. The Morgan fingerprint density at radius 3 is 2.60 bits per heavy atom. The number of aryl methyl sites for hydroxylation is 3. The van der Waals surface area contributed by atoms with Crippen molar-refractivity contribution in [3.63, 3.8) is 0 Å². The van der Waals surface area contributed by atoms with E-state index in [0.29, 0.717) is 30.1 Å². The summed E-state index contributed by atoms with van der Waals surface area (Å²) in [4.78, 5) is 4.39. The number of hydrogen-bond donors (Lipinski definition) is 1. The molecule has 0 spiro atoms. The Morgan fingerprint density at radius 2 is 2.04 bits per heavy atom. The first-order valence-electron chi connectivity index (χ1n) is 8.34. The number of β-amino-alcohol motifs (C(OH)–C–C–N with tert-alkyl or cyclic N) is 1. The Morgan fingerprint density at radius 1 is 1.32 bits per heavy atom. The maximum absolute atomic E-state index is 13.4. The molecule has 0 bridgehead atoms.